The van der Waals surface area contributed by atoms with E-state index in [4.69, 9.17) is 0 Å². The first-order valence-electron chi connectivity index (χ1n) is 6.24. The molecule has 0 bridgehead atoms. The molecule has 104 valence electrons. The lowest BCUT2D eigenvalue weighted by atomic mass is 10.2. The summed E-state index contributed by atoms with van der Waals surface area (Å²) in [4.78, 5) is 4.59. The molecule has 2 aromatic rings. The largest absolute Gasteiger partial charge is 0.367 e. The van der Waals surface area contributed by atoms with Crippen LogP contribution in [0.4, 0.5) is 20.3 Å². The van der Waals surface area contributed by atoms with Crippen LogP contribution in [-0.2, 0) is 0 Å². The number of rotatable bonds is 2. The lowest BCUT2D eigenvalue weighted by Crippen LogP contribution is -2.29. The zero-order chi connectivity index (χ0) is 14.1. The van der Waals surface area contributed by atoms with E-state index in [1.165, 1.54) is 18.0 Å². The molecule has 0 amide bonds. The molecule has 0 saturated heterocycles. The number of pyridine rings is 1. The minimum atomic E-state index is -0.438. The molecule has 2 heterocycles. The van der Waals surface area contributed by atoms with Gasteiger partial charge in [0.1, 0.15) is 11.6 Å². The van der Waals surface area contributed by atoms with E-state index in [0.29, 0.717) is 13.1 Å². The average Bonchev–Trinajstić information content (AvgIpc) is 2.43. The Labute approximate surface area is 120 Å². The Bertz CT molecular complexity index is 648. The van der Waals surface area contributed by atoms with Gasteiger partial charge in [0.25, 0.3) is 0 Å². The average molecular weight is 293 g/mol. The molecule has 1 aromatic heterocycles. The lowest BCUT2D eigenvalue weighted by Gasteiger charge is -2.30. The Balaban J connectivity index is 1.93. The number of aromatic nitrogens is 1. The van der Waals surface area contributed by atoms with E-state index >= 15 is 0 Å². The standard InChI is InChI=1S/C14H13F2N3S/c1-9-6-12-14(18-8-9)17-4-5-19(12)20-13-7-10(15)2-3-11(13)16/h2-3,6-8H,4-5H2,1H3,(H,17,18). The topological polar surface area (TPSA) is 28.2 Å². The van der Waals surface area contributed by atoms with Crippen molar-refractivity contribution in [3.05, 3.63) is 47.7 Å². The van der Waals surface area contributed by atoms with E-state index in [-0.39, 0.29) is 4.90 Å². The van der Waals surface area contributed by atoms with Crippen molar-refractivity contribution in [2.45, 2.75) is 11.8 Å². The maximum atomic E-state index is 13.7. The van der Waals surface area contributed by atoms with Gasteiger partial charge in [0.2, 0.25) is 0 Å². The maximum absolute atomic E-state index is 13.7. The predicted molar refractivity (Wildman–Crippen MR) is 77.0 cm³/mol. The summed E-state index contributed by atoms with van der Waals surface area (Å²) in [7, 11) is 0. The zero-order valence-electron chi connectivity index (χ0n) is 10.9. The highest BCUT2D eigenvalue weighted by molar-refractivity contribution is 8.00. The van der Waals surface area contributed by atoms with Crippen molar-refractivity contribution in [3.8, 4) is 0 Å². The normalized spacial score (nSPS) is 13.8. The summed E-state index contributed by atoms with van der Waals surface area (Å²) in [5.74, 6) is -0.0881. The summed E-state index contributed by atoms with van der Waals surface area (Å²) in [6, 6.07) is 5.47. The van der Waals surface area contributed by atoms with Crippen LogP contribution < -0.4 is 9.62 Å². The number of hydrogen-bond donors (Lipinski definition) is 1. The van der Waals surface area contributed by atoms with Crippen molar-refractivity contribution in [3.63, 3.8) is 0 Å². The van der Waals surface area contributed by atoms with Crippen LogP contribution in [-0.4, -0.2) is 18.1 Å². The minimum Gasteiger partial charge on any atom is -0.367 e. The van der Waals surface area contributed by atoms with Gasteiger partial charge in [-0.1, -0.05) is 0 Å². The highest BCUT2D eigenvalue weighted by atomic mass is 32.2. The van der Waals surface area contributed by atoms with E-state index < -0.39 is 11.6 Å². The van der Waals surface area contributed by atoms with Crippen molar-refractivity contribution in [2.24, 2.45) is 0 Å². The Morgan fingerprint density at radius 2 is 2.15 bits per heavy atom. The summed E-state index contributed by atoms with van der Waals surface area (Å²) in [5.41, 5.74) is 1.92. The summed E-state index contributed by atoms with van der Waals surface area (Å²) >= 11 is 1.20. The van der Waals surface area contributed by atoms with E-state index in [1.54, 1.807) is 6.20 Å². The Hall–Kier alpha value is -1.82. The van der Waals surface area contributed by atoms with Crippen LogP contribution in [0.15, 0.2) is 35.4 Å². The number of fused-ring (bicyclic) bond motifs is 1. The van der Waals surface area contributed by atoms with Gasteiger partial charge in [0, 0.05) is 19.3 Å². The molecular formula is C14H13F2N3S. The number of halogens is 2. The molecule has 0 saturated carbocycles. The summed E-state index contributed by atoms with van der Waals surface area (Å²) in [5, 5.41) is 3.20. The number of benzene rings is 1. The highest BCUT2D eigenvalue weighted by Crippen LogP contribution is 2.36. The molecule has 3 rings (SSSR count). The first-order chi connectivity index (χ1) is 9.63. The second-order valence-electron chi connectivity index (χ2n) is 4.58. The van der Waals surface area contributed by atoms with Crippen molar-refractivity contribution in [2.75, 3.05) is 22.7 Å². The van der Waals surface area contributed by atoms with Gasteiger partial charge in [-0.15, -0.1) is 0 Å². The van der Waals surface area contributed by atoms with E-state index in [0.717, 1.165) is 29.2 Å². The summed E-state index contributed by atoms with van der Waals surface area (Å²) in [6.07, 6.45) is 1.78. The van der Waals surface area contributed by atoms with Crippen LogP contribution in [0.5, 0.6) is 0 Å². The number of anilines is 2. The smallest absolute Gasteiger partial charge is 0.150 e. The Kier molecular flexibility index (Phi) is 3.48. The molecule has 1 aliphatic heterocycles. The van der Waals surface area contributed by atoms with Crippen molar-refractivity contribution in [1.29, 1.82) is 0 Å². The fourth-order valence-electron chi connectivity index (χ4n) is 2.04. The van der Waals surface area contributed by atoms with Gasteiger partial charge in [-0.3, -0.25) is 0 Å². The highest BCUT2D eigenvalue weighted by Gasteiger charge is 2.20. The number of nitrogens with zero attached hydrogens (tertiary/aromatic N) is 2. The molecule has 20 heavy (non-hydrogen) atoms. The van der Waals surface area contributed by atoms with Gasteiger partial charge in [0.15, 0.2) is 5.82 Å². The first kappa shape index (κ1) is 13.2. The van der Waals surface area contributed by atoms with Gasteiger partial charge in [0.05, 0.1) is 10.6 Å². The Morgan fingerprint density at radius 1 is 1.30 bits per heavy atom. The van der Waals surface area contributed by atoms with Crippen molar-refractivity contribution >= 4 is 23.5 Å². The van der Waals surface area contributed by atoms with E-state index in [2.05, 4.69) is 10.3 Å². The third-order valence-corrected chi connectivity index (χ3v) is 4.09. The zero-order valence-corrected chi connectivity index (χ0v) is 11.7. The molecular weight excluding hydrogens is 280 g/mol. The minimum absolute atomic E-state index is 0.277. The predicted octanol–water partition coefficient (Wildman–Crippen LogP) is 3.61. The van der Waals surface area contributed by atoms with E-state index in [1.807, 2.05) is 17.3 Å². The van der Waals surface area contributed by atoms with Crippen LogP contribution in [0, 0.1) is 18.6 Å². The molecule has 1 N–H and O–H groups in total. The first-order valence-corrected chi connectivity index (χ1v) is 7.02. The summed E-state index contributed by atoms with van der Waals surface area (Å²) < 4.78 is 28.9. The SMILES string of the molecule is Cc1cnc2c(c1)N(Sc1cc(F)ccc1F)CCN2. The maximum Gasteiger partial charge on any atom is 0.150 e. The molecule has 0 unspecified atom stereocenters. The molecule has 0 atom stereocenters. The quantitative estimate of drug-likeness (QED) is 0.856. The Morgan fingerprint density at radius 3 is 3.00 bits per heavy atom. The second kappa shape index (κ2) is 5.28. The third-order valence-electron chi connectivity index (χ3n) is 2.98. The van der Waals surface area contributed by atoms with E-state index in [9.17, 15) is 8.78 Å². The van der Waals surface area contributed by atoms with Crippen LogP contribution in [0.25, 0.3) is 0 Å². The molecule has 0 spiro atoms. The monoisotopic (exact) mass is 293 g/mol. The van der Waals surface area contributed by atoms with Crippen molar-refractivity contribution in [1.82, 2.24) is 4.98 Å². The van der Waals surface area contributed by atoms with Gasteiger partial charge >= 0.3 is 0 Å². The van der Waals surface area contributed by atoms with Crippen LogP contribution in [0.2, 0.25) is 0 Å². The molecule has 1 aliphatic rings. The molecule has 0 aliphatic carbocycles. The van der Waals surface area contributed by atoms with Crippen LogP contribution in [0.3, 0.4) is 0 Å². The van der Waals surface area contributed by atoms with Gasteiger partial charge in [-0.05, 0) is 48.7 Å². The molecule has 6 heteroatoms. The molecule has 1 aromatic carbocycles. The second-order valence-corrected chi connectivity index (χ2v) is 5.64. The number of aryl methyl sites for hydroxylation is 1. The van der Waals surface area contributed by atoms with Crippen LogP contribution in [0.1, 0.15) is 5.56 Å². The molecule has 0 radical (unpaired) electrons. The van der Waals surface area contributed by atoms with Crippen LogP contribution >= 0.6 is 11.9 Å². The molecule has 0 fully saturated rings. The number of hydrogen-bond acceptors (Lipinski definition) is 4. The fourth-order valence-corrected chi connectivity index (χ4v) is 3.02. The van der Waals surface area contributed by atoms with Gasteiger partial charge < -0.3 is 9.62 Å². The van der Waals surface area contributed by atoms with Gasteiger partial charge in [-0.25, -0.2) is 13.8 Å². The third kappa shape index (κ3) is 2.56. The fraction of sp³-hybridized carbons (Fsp3) is 0.214. The lowest BCUT2D eigenvalue weighted by molar-refractivity contribution is 0.577. The summed E-state index contributed by atoms with van der Waals surface area (Å²) in [6.45, 7) is 3.36. The van der Waals surface area contributed by atoms with Crippen molar-refractivity contribution < 1.29 is 8.78 Å². The van der Waals surface area contributed by atoms with Gasteiger partial charge in [-0.2, -0.15) is 0 Å². The number of nitrogens with one attached hydrogen (secondary N) is 1. The molecule has 3 nitrogen and oxygen atoms in total.